The second-order valence-electron chi connectivity index (χ2n) is 3.39. The molecule has 0 N–H and O–H groups in total. The van der Waals surface area contributed by atoms with Crippen molar-refractivity contribution in [2.75, 3.05) is 13.7 Å². The maximum Gasteiger partial charge on any atom is 0.251 e. The van der Waals surface area contributed by atoms with Crippen molar-refractivity contribution in [3.05, 3.63) is 11.1 Å². The summed E-state index contributed by atoms with van der Waals surface area (Å²) < 4.78 is 5.28. The Morgan fingerprint density at radius 2 is 2.08 bits per heavy atom. The number of amides is 1. The summed E-state index contributed by atoms with van der Waals surface area (Å²) in [5.41, 5.74) is 1.88. The zero-order valence-corrected chi connectivity index (χ0v) is 8.76. The Hall–Kier alpha value is -0.830. The first-order valence-corrected chi connectivity index (χ1v) is 4.64. The Kier molecular flexibility index (Phi) is 3.09. The van der Waals surface area contributed by atoms with Crippen LogP contribution in [-0.2, 0) is 9.53 Å². The largest absolute Gasteiger partial charge is 0.358 e. The minimum atomic E-state index is -0.132. The van der Waals surface area contributed by atoms with E-state index in [0.29, 0.717) is 0 Å². The summed E-state index contributed by atoms with van der Waals surface area (Å²) in [7, 11) is 1.64. The highest BCUT2D eigenvalue weighted by molar-refractivity contribution is 5.96. The molecule has 0 spiro atoms. The van der Waals surface area contributed by atoms with Gasteiger partial charge in [0.2, 0.25) is 0 Å². The number of rotatable bonds is 3. The van der Waals surface area contributed by atoms with E-state index in [4.69, 9.17) is 4.74 Å². The molecule has 74 valence electrons. The lowest BCUT2D eigenvalue weighted by Gasteiger charge is -2.24. The number of methoxy groups -OCH3 is 1. The van der Waals surface area contributed by atoms with E-state index in [1.807, 2.05) is 13.8 Å². The third-order valence-electron chi connectivity index (χ3n) is 2.51. The van der Waals surface area contributed by atoms with Gasteiger partial charge in [-0.2, -0.15) is 0 Å². The molecule has 1 rings (SSSR count). The summed E-state index contributed by atoms with van der Waals surface area (Å²) in [5, 5.41) is 0. The molecule has 1 heterocycles. The lowest BCUT2D eigenvalue weighted by atomic mass is 10.2. The van der Waals surface area contributed by atoms with Crippen LogP contribution in [0.25, 0.3) is 0 Å². The molecular weight excluding hydrogens is 166 g/mol. The summed E-state index contributed by atoms with van der Waals surface area (Å²) in [6.45, 7) is 6.64. The van der Waals surface area contributed by atoms with Gasteiger partial charge in [-0.3, -0.25) is 4.79 Å². The van der Waals surface area contributed by atoms with Crippen LogP contribution in [0.5, 0.6) is 0 Å². The lowest BCUT2D eigenvalue weighted by molar-refractivity contribution is -0.133. The fourth-order valence-electron chi connectivity index (χ4n) is 1.67. The first-order chi connectivity index (χ1) is 6.13. The Labute approximate surface area is 79.4 Å². The molecule has 3 heteroatoms. The predicted octanol–water partition coefficient (Wildman–Crippen LogP) is 1.55. The number of carbonyl (C=O) groups is 1. The third-order valence-corrected chi connectivity index (χ3v) is 2.51. The molecule has 1 unspecified atom stereocenters. The Morgan fingerprint density at radius 3 is 2.54 bits per heavy atom. The van der Waals surface area contributed by atoms with Gasteiger partial charge in [0.15, 0.2) is 6.23 Å². The smallest absolute Gasteiger partial charge is 0.251 e. The molecular formula is C10H17NO2. The molecule has 13 heavy (non-hydrogen) atoms. The molecule has 0 saturated carbocycles. The minimum Gasteiger partial charge on any atom is -0.358 e. The van der Waals surface area contributed by atoms with Gasteiger partial charge >= 0.3 is 0 Å². The fraction of sp³-hybridized carbons (Fsp3) is 0.700. The number of hydrogen-bond acceptors (Lipinski definition) is 2. The maximum atomic E-state index is 11.7. The molecule has 0 aliphatic carbocycles. The standard InChI is InChI=1S/C10H17NO2/c1-5-6-11-9(12)7(2)8(3)10(11)13-4/h10H,5-6H2,1-4H3. The van der Waals surface area contributed by atoms with Crippen molar-refractivity contribution in [1.82, 2.24) is 4.90 Å². The van der Waals surface area contributed by atoms with Gasteiger partial charge < -0.3 is 9.64 Å². The SMILES string of the molecule is CCCN1C(=O)C(C)=C(C)C1OC. The van der Waals surface area contributed by atoms with E-state index in [1.165, 1.54) is 0 Å². The molecule has 1 atom stereocenters. The number of ether oxygens (including phenoxy) is 1. The second kappa shape index (κ2) is 3.92. The van der Waals surface area contributed by atoms with Crippen molar-refractivity contribution in [2.24, 2.45) is 0 Å². The van der Waals surface area contributed by atoms with Crippen LogP contribution in [-0.4, -0.2) is 30.7 Å². The van der Waals surface area contributed by atoms with Crippen molar-refractivity contribution in [3.8, 4) is 0 Å². The highest BCUT2D eigenvalue weighted by Crippen LogP contribution is 2.25. The van der Waals surface area contributed by atoms with Crippen molar-refractivity contribution in [2.45, 2.75) is 33.4 Å². The zero-order chi connectivity index (χ0) is 10.0. The van der Waals surface area contributed by atoms with Gasteiger partial charge in [-0.25, -0.2) is 0 Å². The highest BCUT2D eigenvalue weighted by atomic mass is 16.5. The van der Waals surface area contributed by atoms with Crippen LogP contribution in [0.15, 0.2) is 11.1 Å². The second-order valence-corrected chi connectivity index (χ2v) is 3.39. The average Bonchev–Trinajstić information content (AvgIpc) is 2.32. The topological polar surface area (TPSA) is 29.5 Å². The van der Waals surface area contributed by atoms with E-state index in [1.54, 1.807) is 12.0 Å². The van der Waals surface area contributed by atoms with E-state index in [2.05, 4.69) is 6.92 Å². The molecule has 0 radical (unpaired) electrons. The van der Waals surface area contributed by atoms with Gasteiger partial charge in [-0.15, -0.1) is 0 Å². The number of hydrogen-bond donors (Lipinski definition) is 0. The predicted molar refractivity (Wildman–Crippen MR) is 51.2 cm³/mol. The van der Waals surface area contributed by atoms with Crippen LogP contribution in [0.3, 0.4) is 0 Å². The Bertz CT molecular complexity index is 245. The fourth-order valence-corrected chi connectivity index (χ4v) is 1.67. The number of nitrogens with zero attached hydrogens (tertiary/aromatic N) is 1. The highest BCUT2D eigenvalue weighted by Gasteiger charge is 2.33. The summed E-state index contributed by atoms with van der Waals surface area (Å²) in [6.07, 6.45) is 0.832. The van der Waals surface area contributed by atoms with Crippen LogP contribution in [0.4, 0.5) is 0 Å². The van der Waals surface area contributed by atoms with Gasteiger partial charge in [0.1, 0.15) is 0 Å². The van der Waals surface area contributed by atoms with Crippen molar-refractivity contribution >= 4 is 5.91 Å². The normalized spacial score (nSPS) is 23.2. The molecule has 0 aromatic rings. The molecule has 0 aromatic carbocycles. The Morgan fingerprint density at radius 1 is 1.46 bits per heavy atom. The van der Waals surface area contributed by atoms with Crippen LogP contribution >= 0.6 is 0 Å². The number of carbonyl (C=O) groups excluding carboxylic acids is 1. The van der Waals surface area contributed by atoms with Crippen LogP contribution < -0.4 is 0 Å². The van der Waals surface area contributed by atoms with E-state index >= 15 is 0 Å². The van der Waals surface area contributed by atoms with Crippen LogP contribution in [0.1, 0.15) is 27.2 Å². The average molecular weight is 183 g/mol. The van der Waals surface area contributed by atoms with Crippen LogP contribution in [0, 0.1) is 0 Å². The molecule has 1 amide bonds. The van der Waals surface area contributed by atoms with Crippen LogP contribution in [0.2, 0.25) is 0 Å². The molecule has 0 fully saturated rings. The van der Waals surface area contributed by atoms with E-state index in [0.717, 1.165) is 24.1 Å². The van der Waals surface area contributed by atoms with Crippen molar-refractivity contribution in [1.29, 1.82) is 0 Å². The minimum absolute atomic E-state index is 0.117. The van der Waals surface area contributed by atoms with Crippen molar-refractivity contribution < 1.29 is 9.53 Å². The summed E-state index contributed by atoms with van der Waals surface area (Å²) >= 11 is 0. The van der Waals surface area contributed by atoms with Gasteiger partial charge in [-0.05, 0) is 25.8 Å². The van der Waals surface area contributed by atoms with Gasteiger partial charge in [-0.1, -0.05) is 6.92 Å². The monoisotopic (exact) mass is 183 g/mol. The molecule has 1 aliphatic heterocycles. The van der Waals surface area contributed by atoms with E-state index in [-0.39, 0.29) is 12.1 Å². The third kappa shape index (κ3) is 1.61. The summed E-state index contributed by atoms with van der Waals surface area (Å²) in [4.78, 5) is 13.4. The van der Waals surface area contributed by atoms with Gasteiger partial charge in [0.25, 0.3) is 5.91 Å². The molecule has 0 bridgehead atoms. The zero-order valence-electron chi connectivity index (χ0n) is 8.76. The summed E-state index contributed by atoms with van der Waals surface area (Å²) in [5.74, 6) is 0.117. The van der Waals surface area contributed by atoms with E-state index < -0.39 is 0 Å². The van der Waals surface area contributed by atoms with Gasteiger partial charge in [0, 0.05) is 19.2 Å². The first-order valence-electron chi connectivity index (χ1n) is 4.64. The first kappa shape index (κ1) is 10.3. The Balaban J connectivity index is 2.85. The van der Waals surface area contributed by atoms with Crippen molar-refractivity contribution in [3.63, 3.8) is 0 Å². The molecule has 3 nitrogen and oxygen atoms in total. The molecule has 1 aliphatic rings. The molecule has 0 saturated heterocycles. The lowest BCUT2D eigenvalue weighted by Crippen LogP contribution is -2.37. The summed E-state index contributed by atoms with van der Waals surface area (Å²) in [6, 6.07) is 0. The quantitative estimate of drug-likeness (QED) is 0.664. The molecule has 0 aromatic heterocycles. The van der Waals surface area contributed by atoms with Gasteiger partial charge in [0.05, 0.1) is 0 Å². The van der Waals surface area contributed by atoms with E-state index in [9.17, 15) is 4.79 Å². The maximum absolute atomic E-state index is 11.7.